The summed E-state index contributed by atoms with van der Waals surface area (Å²) < 4.78 is 29.2. The number of halogens is 1. The summed E-state index contributed by atoms with van der Waals surface area (Å²) in [5.41, 5.74) is -0.258. The van der Waals surface area contributed by atoms with Gasteiger partial charge in [0, 0.05) is 29.6 Å². The molecule has 0 aliphatic carbocycles. The number of nitrogens with zero attached hydrogens (tertiary/aromatic N) is 1. The largest absolute Gasteiger partial charge is 0.456 e. The first-order valence-electron chi connectivity index (χ1n) is 8.47. The van der Waals surface area contributed by atoms with E-state index in [4.69, 9.17) is 16.3 Å². The summed E-state index contributed by atoms with van der Waals surface area (Å²) in [5, 5.41) is 14.1. The molecule has 3 aromatic rings. The number of non-ortho nitro benzene ring substituents is 1. The van der Waals surface area contributed by atoms with Crippen molar-refractivity contribution < 1.29 is 22.9 Å². The molecule has 1 amide bonds. The van der Waals surface area contributed by atoms with Crippen molar-refractivity contribution >= 4 is 38.7 Å². The van der Waals surface area contributed by atoms with Crippen LogP contribution in [-0.2, 0) is 9.84 Å². The van der Waals surface area contributed by atoms with Crippen LogP contribution < -0.4 is 10.1 Å². The highest BCUT2D eigenvalue weighted by molar-refractivity contribution is 7.90. The zero-order chi connectivity index (χ0) is 21.9. The van der Waals surface area contributed by atoms with Crippen molar-refractivity contribution in [2.24, 2.45) is 0 Å². The van der Waals surface area contributed by atoms with Gasteiger partial charge in [0.15, 0.2) is 9.84 Å². The molecule has 0 fully saturated rings. The fourth-order valence-electron chi connectivity index (χ4n) is 2.50. The Labute approximate surface area is 177 Å². The lowest BCUT2D eigenvalue weighted by Gasteiger charge is -2.09. The van der Waals surface area contributed by atoms with Crippen LogP contribution in [0.2, 0.25) is 5.02 Å². The summed E-state index contributed by atoms with van der Waals surface area (Å²) >= 11 is 6.05. The highest BCUT2D eigenvalue weighted by Crippen LogP contribution is 2.29. The topological polar surface area (TPSA) is 116 Å². The molecule has 0 saturated heterocycles. The molecule has 0 radical (unpaired) electrons. The van der Waals surface area contributed by atoms with Gasteiger partial charge in [0.05, 0.1) is 14.8 Å². The Bertz CT molecular complexity index is 1230. The number of nitro groups is 1. The third-order valence-electron chi connectivity index (χ3n) is 3.97. The van der Waals surface area contributed by atoms with Gasteiger partial charge in [0.1, 0.15) is 11.5 Å². The predicted octanol–water partition coefficient (Wildman–Crippen LogP) is 4.70. The molecule has 0 saturated carbocycles. The standard InChI is InChI=1S/C20H15ClN2O6S/c1-30(27,28)17-11-13(10-15(12-17)23(25)26)20(24)22-14-6-8-16(9-7-14)29-19-5-3-2-4-18(19)21/h2-12H,1H3,(H,22,24). The molecule has 10 heteroatoms. The second kappa shape index (κ2) is 8.52. The van der Waals surface area contributed by atoms with E-state index in [2.05, 4.69) is 5.32 Å². The zero-order valence-corrected chi connectivity index (χ0v) is 17.1. The zero-order valence-electron chi connectivity index (χ0n) is 15.5. The van der Waals surface area contributed by atoms with E-state index < -0.39 is 26.4 Å². The van der Waals surface area contributed by atoms with Crippen LogP contribution in [-0.4, -0.2) is 25.5 Å². The first kappa shape index (κ1) is 21.3. The van der Waals surface area contributed by atoms with Crippen molar-refractivity contribution in [3.63, 3.8) is 0 Å². The first-order valence-corrected chi connectivity index (χ1v) is 10.7. The Morgan fingerprint density at radius 2 is 1.73 bits per heavy atom. The summed E-state index contributed by atoms with van der Waals surface area (Å²) in [7, 11) is -3.74. The molecule has 0 aliphatic rings. The minimum absolute atomic E-state index is 0.152. The second-order valence-corrected chi connectivity index (χ2v) is 8.68. The molecule has 0 aliphatic heterocycles. The molecule has 0 heterocycles. The molecule has 0 atom stereocenters. The fraction of sp³-hybridized carbons (Fsp3) is 0.0500. The maximum atomic E-state index is 12.5. The normalized spacial score (nSPS) is 11.0. The fourth-order valence-corrected chi connectivity index (χ4v) is 3.35. The van der Waals surface area contributed by atoms with Crippen LogP contribution in [0, 0.1) is 10.1 Å². The Hall–Kier alpha value is -3.43. The number of benzene rings is 3. The summed E-state index contributed by atoms with van der Waals surface area (Å²) in [6, 6.07) is 16.3. The second-order valence-electron chi connectivity index (χ2n) is 6.26. The van der Waals surface area contributed by atoms with Gasteiger partial charge in [0.25, 0.3) is 11.6 Å². The van der Waals surface area contributed by atoms with E-state index in [0.29, 0.717) is 22.2 Å². The number of amides is 1. The summed E-state index contributed by atoms with van der Waals surface area (Å²) in [6.45, 7) is 0. The van der Waals surface area contributed by atoms with Crippen molar-refractivity contribution in [3.05, 3.63) is 87.4 Å². The van der Waals surface area contributed by atoms with Gasteiger partial charge in [-0.15, -0.1) is 0 Å². The van der Waals surface area contributed by atoms with Gasteiger partial charge in [-0.2, -0.15) is 0 Å². The third kappa shape index (κ3) is 5.13. The van der Waals surface area contributed by atoms with Crippen molar-refractivity contribution in [3.8, 4) is 11.5 Å². The Balaban J connectivity index is 1.80. The molecule has 0 aromatic heterocycles. The van der Waals surface area contributed by atoms with E-state index in [1.807, 2.05) is 0 Å². The van der Waals surface area contributed by atoms with Crippen LogP contribution in [0.15, 0.2) is 71.6 Å². The lowest BCUT2D eigenvalue weighted by molar-refractivity contribution is -0.385. The highest BCUT2D eigenvalue weighted by atomic mass is 35.5. The van der Waals surface area contributed by atoms with Gasteiger partial charge in [-0.05, 0) is 42.5 Å². The molecular formula is C20H15ClN2O6S. The molecule has 0 bridgehead atoms. The van der Waals surface area contributed by atoms with Gasteiger partial charge < -0.3 is 10.1 Å². The quantitative estimate of drug-likeness (QED) is 0.433. The van der Waals surface area contributed by atoms with Crippen LogP contribution in [0.4, 0.5) is 11.4 Å². The number of nitro benzene ring substituents is 1. The van der Waals surface area contributed by atoms with Gasteiger partial charge >= 0.3 is 0 Å². The van der Waals surface area contributed by atoms with E-state index in [1.54, 1.807) is 48.5 Å². The molecular weight excluding hydrogens is 432 g/mol. The lowest BCUT2D eigenvalue weighted by atomic mass is 10.2. The molecule has 3 rings (SSSR count). The number of sulfone groups is 1. The van der Waals surface area contributed by atoms with Crippen molar-refractivity contribution in [1.29, 1.82) is 0 Å². The average Bonchev–Trinajstić information content (AvgIpc) is 2.70. The van der Waals surface area contributed by atoms with Crippen LogP contribution in [0.5, 0.6) is 11.5 Å². The summed E-state index contributed by atoms with van der Waals surface area (Å²) in [5.74, 6) is 0.264. The number of anilines is 1. The van der Waals surface area contributed by atoms with Crippen LogP contribution in [0.25, 0.3) is 0 Å². The monoisotopic (exact) mass is 446 g/mol. The van der Waals surface area contributed by atoms with Gasteiger partial charge in [-0.1, -0.05) is 23.7 Å². The SMILES string of the molecule is CS(=O)(=O)c1cc(C(=O)Nc2ccc(Oc3ccccc3Cl)cc2)cc([N+](=O)[O-])c1. The highest BCUT2D eigenvalue weighted by Gasteiger charge is 2.19. The van der Waals surface area contributed by atoms with Crippen molar-refractivity contribution in [2.45, 2.75) is 4.90 Å². The van der Waals surface area contributed by atoms with Crippen LogP contribution in [0.3, 0.4) is 0 Å². The molecule has 0 unspecified atom stereocenters. The van der Waals surface area contributed by atoms with E-state index in [1.165, 1.54) is 0 Å². The summed E-state index contributed by atoms with van der Waals surface area (Å²) in [4.78, 5) is 22.5. The molecule has 1 N–H and O–H groups in total. The van der Waals surface area contributed by atoms with E-state index in [9.17, 15) is 23.3 Å². The molecule has 3 aromatic carbocycles. The summed E-state index contributed by atoms with van der Waals surface area (Å²) in [6.07, 6.45) is 0.908. The van der Waals surface area contributed by atoms with E-state index in [0.717, 1.165) is 24.5 Å². The van der Waals surface area contributed by atoms with Crippen molar-refractivity contribution in [2.75, 3.05) is 11.6 Å². The van der Waals surface area contributed by atoms with E-state index >= 15 is 0 Å². The van der Waals surface area contributed by atoms with Crippen LogP contribution >= 0.6 is 11.6 Å². The number of para-hydroxylation sites is 1. The Morgan fingerprint density at radius 3 is 2.33 bits per heavy atom. The Kier molecular flexibility index (Phi) is 6.04. The number of carbonyl (C=O) groups excluding carboxylic acids is 1. The van der Waals surface area contributed by atoms with Crippen molar-refractivity contribution in [1.82, 2.24) is 0 Å². The molecule has 30 heavy (non-hydrogen) atoms. The lowest BCUT2D eigenvalue weighted by Crippen LogP contribution is -2.13. The van der Waals surface area contributed by atoms with E-state index in [-0.39, 0.29) is 10.5 Å². The number of ether oxygens (including phenoxy) is 1. The number of hydrogen-bond acceptors (Lipinski definition) is 6. The predicted molar refractivity (Wildman–Crippen MR) is 112 cm³/mol. The number of carbonyl (C=O) groups is 1. The first-order chi connectivity index (χ1) is 14.1. The molecule has 8 nitrogen and oxygen atoms in total. The minimum atomic E-state index is -3.74. The number of rotatable bonds is 6. The third-order valence-corrected chi connectivity index (χ3v) is 5.37. The van der Waals surface area contributed by atoms with Gasteiger partial charge in [-0.3, -0.25) is 14.9 Å². The minimum Gasteiger partial charge on any atom is -0.456 e. The smallest absolute Gasteiger partial charge is 0.271 e. The van der Waals surface area contributed by atoms with Gasteiger partial charge in [-0.25, -0.2) is 8.42 Å². The maximum absolute atomic E-state index is 12.5. The number of nitrogens with one attached hydrogen (secondary N) is 1. The maximum Gasteiger partial charge on any atom is 0.271 e. The van der Waals surface area contributed by atoms with Gasteiger partial charge in [0.2, 0.25) is 0 Å². The average molecular weight is 447 g/mol. The molecule has 0 spiro atoms. The molecule has 154 valence electrons. The van der Waals surface area contributed by atoms with Crippen LogP contribution in [0.1, 0.15) is 10.4 Å². The Morgan fingerprint density at radius 1 is 1.07 bits per heavy atom. The number of hydrogen-bond donors (Lipinski definition) is 1.